The molecular formula is C16H25ClSi. The van der Waals surface area contributed by atoms with Crippen molar-refractivity contribution in [2.75, 3.05) is 5.50 Å². The van der Waals surface area contributed by atoms with E-state index in [2.05, 4.69) is 37.4 Å². The summed E-state index contributed by atoms with van der Waals surface area (Å²) in [5, 5.41) is 0. The summed E-state index contributed by atoms with van der Waals surface area (Å²) < 4.78 is 0. The minimum Gasteiger partial charge on any atom is -0.130 e. The molecule has 1 aromatic rings. The van der Waals surface area contributed by atoms with Crippen LogP contribution < -0.4 is 0 Å². The van der Waals surface area contributed by atoms with Crippen LogP contribution in [0.25, 0.3) is 0 Å². The molecule has 0 nitrogen and oxygen atoms in total. The van der Waals surface area contributed by atoms with E-state index < -0.39 is 8.07 Å². The van der Waals surface area contributed by atoms with Crippen molar-refractivity contribution >= 4 is 19.7 Å². The zero-order chi connectivity index (χ0) is 13.0. The second-order valence-corrected chi connectivity index (χ2v) is 12.3. The molecule has 0 aromatic heterocycles. The molecular weight excluding hydrogens is 256 g/mol. The van der Waals surface area contributed by atoms with Crippen LogP contribution in [0, 0.1) is 0 Å². The van der Waals surface area contributed by atoms with Gasteiger partial charge in [-0.25, -0.2) is 0 Å². The van der Waals surface area contributed by atoms with Gasteiger partial charge in [0.15, 0.2) is 0 Å². The second kappa shape index (κ2) is 6.25. The molecule has 0 saturated heterocycles. The van der Waals surface area contributed by atoms with Gasteiger partial charge in [-0.15, -0.1) is 11.6 Å². The van der Waals surface area contributed by atoms with Crippen LogP contribution in [0.1, 0.15) is 49.1 Å². The lowest BCUT2D eigenvalue weighted by atomic mass is 9.84. The van der Waals surface area contributed by atoms with Gasteiger partial charge in [-0.1, -0.05) is 62.2 Å². The van der Waals surface area contributed by atoms with Crippen LogP contribution in [-0.2, 0) is 6.04 Å². The maximum absolute atomic E-state index is 6.06. The highest BCUT2D eigenvalue weighted by atomic mass is 35.5. The molecule has 1 aromatic carbocycles. The summed E-state index contributed by atoms with van der Waals surface area (Å²) in [6.45, 7) is 4.74. The highest BCUT2D eigenvalue weighted by Crippen LogP contribution is 2.32. The maximum Gasteiger partial charge on any atom is 0.0682 e. The van der Waals surface area contributed by atoms with Crippen molar-refractivity contribution in [3.8, 4) is 0 Å². The Kier molecular flexibility index (Phi) is 4.91. The highest BCUT2D eigenvalue weighted by molar-refractivity contribution is 6.82. The molecule has 0 radical (unpaired) electrons. The van der Waals surface area contributed by atoms with E-state index in [1.54, 1.807) is 5.56 Å². The molecule has 0 atom stereocenters. The quantitative estimate of drug-likeness (QED) is 0.518. The first-order valence-electron chi connectivity index (χ1n) is 7.25. The summed E-state index contributed by atoms with van der Waals surface area (Å²) >= 11 is 6.06. The minimum atomic E-state index is -1.21. The van der Waals surface area contributed by atoms with Gasteiger partial charge in [-0.2, -0.15) is 0 Å². The molecule has 18 heavy (non-hydrogen) atoms. The van der Waals surface area contributed by atoms with Crippen LogP contribution in [0.2, 0.25) is 13.1 Å². The van der Waals surface area contributed by atoms with Crippen LogP contribution in [0.15, 0.2) is 24.3 Å². The maximum atomic E-state index is 6.06. The van der Waals surface area contributed by atoms with Gasteiger partial charge < -0.3 is 0 Å². The lowest BCUT2D eigenvalue weighted by Gasteiger charge is -2.23. The van der Waals surface area contributed by atoms with Crippen molar-refractivity contribution in [3.63, 3.8) is 0 Å². The number of benzene rings is 1. The number of hydrogen-bond donors (Lipinski definition) is 0. The number of halogens is 1. The molecule has 1 fully saturated rings. The lowest BCUT2D eigenvalue weighted by Crippen LogP contribution is -2.32. The number of rotatable bonds is 4. The monoisotopic (exact) mass is 280 g/mol. The highest BCUT2D eigenvalue weighted by Gasteiger charge is 2.20. The van der Waals surface area contributed by atoms with Gasteiger partial charge in [0.25, 0.3) is 0 Å². The van der Waals surface area contributed by atoms with Crippen LogP contribution in [0.4, 0.5) is 0 Å². The minimum absolute atomic E-state index is 0.825. The molecule has 0 N–H and O–H groups in total. The van der Waals surface area contributed by atoms with Gasteiger partial charge in [-0.3, -0.25) is 0 Å². The van der Waals surface area contributed by atoms with Crippen molar-refractivity contribution in [2.24, 2.45) is 0 Å². The van der Waals surface area contributed by atoms with Gasteiger partial charge in [-0.05, 0) is 30.4 Å². The first-order valence-corrected chi connectivity index (χ1v) is 11.2. The van der Waals surface area contributed by atoms with Crippen LogP contribution in [-0.4, -0.2) is 13.6 Å². The third-order valence-corrected chi connectivity index (χ3v) is 8.36. The van der Waals surface area contributed by atoms with E-state index in [1.807, 2.05) is 0 Å². The second-order valence-electron chi connectivity index (χ2n) is 6.55. The van der Waals surface area contributed by atoms with Crippen LogP contribution in [0.3, 0.4) is 0 Å². The Morgan fingerprint density at radius 2 is 1.67 bits per heavy atom. The molecule has 1 aliphatic carbocycles. The Morgan fingerprint density at radius 3 is 2.22 bits per heavy atom. The summed E-state index contributed by atoms with van der Waals surface area (Å²) in [6, 6.07) is 10.6. The summed E-state index contributed by atoms with van der Waals surface area (Å²) in [6.07, 6.45) is 7.05. The Labute approximate surface area is 118 Å². The molecule has 0 heterocycles. The molecule has 0 unspecified atom stereocenters. The van der Waals surface area contributed by atoms with Gasteiger partial charge >= 0.3 is 0 Å². The molecule has 0 aliphatic heterocycles. The molecule has 0 amide bonds. The Bertz CT molecular complexity index is 363. The average Bonchev–Trinajstić information content (AvgIpc) is 2.40. The van der Waals surface area contributed by atoms with Gasteiger partial charge in [0.1, 0.15) is 0 Å². The molecule has 0 spiro atoms. The summed E-state index contributed by atoms with van der Waals surface area (Å²) in [7, 11) is -1.21. The lowest BCUT2D eigenvalue weighted by molar-refractivity contribution is 0.443. The first kappa shape index (κ1) is 14.1. The first-order chi connectivity index (χ1) is 8.61. The Balaban J connectivity index is 2.00. The topological polar surface area (TPSA) is 0 Å². The van der Waals surface area contributed by atoms with E-state index in [4.69, 9.17) is 11.6 Å². The average molecular weight is 281 g/mol. The zero-order valence-electron chi connectivity index (χ0n) is 11.7. The summed E-state index contributed by atoms with van der Waals surface area (Å²) in [4.78, 5) is 0. The van der Waals surface area contributed by atoms with Crippen LogP contribution in [0.5, 0.6) is 0 Å². The molecule has 1 aliphatic rings. The van der Waals surface area contributed by atoms with Crippen molar-refractivity contribution in [1.29, 1.82) is 0 Å². The molecule has 2 rings (SSSR count). The fraction of sp³-hybridized carbons (Fsp3) is 0.625. The number of alkyl halides is 1. The van der Waals surface area contributed by atoms with E-state index >= 15 is 0 Å². The zero-order valence-corrected chi connectivity index (χ0v) is 13.5. The SMILES string of the molecule is C[Si](C)(CCl)Cc1ccc(C2CCCCC2)cc1. The Morgan fingerprint density at radius 1 is 1.06 bits per heavy atom. The molecule has 100 valence electrons. The fourth-order valence-corrected chi connectivity index (χ4v) is 4.66. The van der Waals surface area contributed by atoms with Gasteiger partial charge in [0.2, 0.25) is 0 Å². The smallest absolute Gasteiger partial charge is 0.0682 e. The van der Waals surface area contributed by atoms with Crippen molar-refractivity contribution in [1.82, 2.24) is 0 Å². The molecule has 2 heteroatoms. The number of hydrogen-bond acceptors (Lipinski definition) is 0. The standard InChI is InChI=1S/C16H25ClSi/c1-18(2,13-17)12-14-8-10-16(11-9-14)15-6-4-3-5-7-15/h8-11,15H,3-7,12-13H2,1-2H3. The van der Waals surface area contributed by atoms with E-state index in [0.29, 0.717) is 0 Å². The van der Waals surface area contributed by atoms with E-state index in [1.165, 1.54) is 43.7 Å². The predicted octanol–water partition coefficient (Wildman–Crippen LogP) is 5.30. The van der Waals surface area contributed by atoms with Crippen molar-refractivity contribution in [2.45, 2.75) is 57.2 Å². The van der Waals surface area contributed by atoms with Crippen molar-refractivity contribution < 1.29 is 0 Å². The molecule has 0 bridgehead atoms. The normalized spacial score (nSPS) is 17.9. The third kappa shape index (κ3) is 3.86. The summed E-state index contributed by atoms with van der Waals surface area (Å²) in [5.41, 5.74) is 3.90. The fourth-order valence-electron chi connectivity index (χ4n) is 2.94. The van der Waals surface area contributed by atoms with E-state index in [-0.39, 0.29) is 0 Å². The largest absolute Gasteiger partial charge is 0.130 e. The van der Waals surface area contributed by atoms with Gasteiger partial charge in [0.05, 0.1) is 8.07 Å². The van der Waals surface area contributed by atoms with Gasteiger partial charge in [0, 0.05) is 5.50 Å². The molecule has 1 saturated carbocycles. The third-order valence-electron chi connectivity index (χ3n) is 4.10. The Hall–Kier alpha value is -0.273. The van der Waals surface area contributed by atoms with Crippen molar-refractivity contribution in [3.05, 3.63) is 35.4 Å². The van der Waals surface area contributed by atoms with E-state index in [0.717, 1.165) is 11.4 Å². The van der Waals surface area contributed by atoms with Crippen LogP contribution >= 0.6 is 11.6 Å². The predicted molar refractivity (Wildman–Crippen MR) is 84.2 cm³/mol. The summed E-state index contributed by atoms with van der Waals surface area (Å²) in [5.74, 6) is 0.825. The van der Waals surface area contributed by atoms with E-state index in [9.17, 15) is 0 Å².